The fourth-order valence-corrected chi connectivity index (χ4v) is 3.95. The third-order valence-corrected chi connectivity index (χ3v) is 5.32. The standard InChI is InChI=1S/C21H19BrN2O3/c1-23(2)10-11-24-18(13-6-5-7-14(22)12-13)17-19(25)15-8-3-4-9-16(15)27-20(17)21(24)26/h3-9,12,18H,10-11H2,1-2H3/t18-/m1/s1. The smallest absolute Gasteiger partial charge is 0.290 e. The lowest BCUT2D eigenvalue weighted by Gasteiger charge is -2.26. The van der Waals surface area contributed by atoms with E-state index in [0.29, 0.717) is 29.6 Å². The highest BCUT2D eigenvalue weighted by atomic mass is 79.9. The number of benzene rings is 2. The molecule has 138 valence electrons. The zero-order valence-corrected chi connectivity index (χ0v) is 16.7. The van der Waals surface area contributed by atoms with Crippen molar-refractivity contribution < 1.29 is 9.21 Å². The van der Waals surface area contributed by atoms with Gasteiger partial charge in [0, 0.05) is 17.6 Å². The summed E-state index contributed by atoms with van der Waals surface area (Å²) in [4.78, 5) is 30.1. The van der Waals surface area contributed by atoms with Crippen LogP contribution in [0.3, 0.4) is 0 Å². The summed E-state index contributed by atoms with van der Waals surface area (Å²) in [7, 11) is 3.92. The van der Waals surface area contributed by atoms with Crippen LogP contribution in [-0.4, -0.2) is 42.9 Å². The second-order valence-corrected chi connectivity index (χ2v) is 7.85. The lowest BCUT2D eigenvalue weighted by atomic mass is 9.98. The number of amides is 1. The fraction of sp³-hybridized carbons (Fsp3) is 0.238. The highest BCUT2D eigenvalue weighted by Gasteiger charge is 2.42. The highest BCUT2D eigenvalue weighted by Crippen LogP contribution is 2.38. The molecule has 0 fully saturated rings. The van der Waals surface area contributed by atoms with Gasteiger partial charge in [0.1, 0.15) is 5.58 Å². The van der Waals surface area contributed by atoms with Gasteiger partial charge < -0.3 is 14.2 Å². The second-order valence-electron chi connectivity index (χ2n) is 6.93. The first kappa shape index (κ1) is 17.9. The Morgan fingerprint density at radius 2 is 1.89 bits per heavy atom. The van der Waals surface area contributed by atoms with E-state index < -0.39 is 6.04 Å². The Morgan fingerprint density at radius 3 is 2.63 bits per heavy atom. The van der Waals surface area contributed by atoms with Gasteiger partial charge in [0.05, 0.1) is 17.0 Å². The molecule has 0 N–H and O–H groups in total. The first-order valence-electron chi connectivity index (χ1n) is 8.74. The van der Waals surface area contributed by atoms with E-state index in [2.05, 4.69) is 15.9 Å². The molecule has 1 aliphatic heterocycles. The molecule has 4 rings (SSSR count). The molecule has 0 unspecified atom stereocenters. The maximum absolute atomic E-state index is 13.3. The molecule has 0 aliphatic carbocycles. The van der Waals surface area contributed by atoms with E-state index >= 15 is 0 Å². The molecule has 1 atom stereocenters. The zero-order chi connectivity index (χ0) is 19.1. The second kappa shape index (κ2) is 6.94. The summed E-state index contributed by atoms with van der Waals surface area (Å²) in [6, 6.07) is 14.3. The van der Waals surface area contributed by atoms with Gasteiger partial charge in [0.15, 0.2) is 5.43 Å². The van der Waals surface area contributed by atoms with Crippen molar-refractivity contribution in [3.63, 3.8) is 0 Å². The summed E-state index contributed by atoms with van der Waals surface area (Å²) < 4.78 is 6.80. The van der Waals surface area contributed by atoms with Crippen LogP contribution in [0.25, 0.3) is 11.0 Å². The molecule has 1 amide bonds. The fourth-order valence-electron chi connectivity index (χ4n) is 3.53. The molecule has 2 heterocycles. The average molecular weight is 427 g/mol. The van der Waals surface area contributed by atoms with E-state index in [-0.39, 0.29) is 17.1 Å². The number of fused-ring (bicyclic) bond motifs is 2. The van der Waals surface area contributed by atoms with Gasteiger partial charge in [-0.25, -0.2) is 0 Å². The largest absolute Gasteiger partial charge is 0.450 e. The van der Waals surface area contributed by atoms with Gasteiger partial charge in [-0.15, -0.1) is 0 Å². The maximum atomic E-state index is 13.3. The van der Waals surface area contributed by atoms with E-state index in [1.165, 1.54) is 0 Å². The minimum atomic E-state index is -0.453. The van der Waals surface area contributed by atoms with Crippen LogP contribution in [0, 0.1) is 0 Å². The quantitative estimate of drug-likeness (QED) is 0.638. The van der Waals surface area contributed by atoms with Gasteiger partial charge in [-0.3, -0.25) is 9.59 Å². The van der Waals surface area contributed by atoms with Crippen molar-refractivity contribution in [2.75, 3.05) is 27.2 Å². The van der Waals surface area contributed by atoms with Crippen molar-refractivity contribution in [1.29, 1.82) is 0 Å². The molecule has 2 aromatic carbocycles. The van der Waals surface area contributed by atoms with Crippen molar-refractivity contribution >= 4 is 32.8 Å². The van der Waals surface area contributed by atoms with E-state index in [4.69, 9.17) is 4.42 Å². The first-order valence-corrected chi connectivity index (χ1v) is 9.53. The van der Waals surface area contributed by atoms with E-state index in [0.717, 1.165) is 10.0 Å². The van der Waals surface area contributed by atoms with Crippen LogP contribution < -0.4 is 5.43 Å². The lowest BCUT2D eigenvalue weighted by Crippen LogP contribution is -2.35. The molecule has 0 saturated heterocycles. The minimum absolute atomic E-state index is 0.141. The first-order chi connectivity index (χ1) is 13.0. The molecule has 0 saturated carbocycles. The van der Waals surface area contributed by atoms with E-state index in [1.54, 1.807) is 29.2 Å². The van der Waals surface area contributed by atoms with Crippen molar-refractivity contribution in [2.24, 2.45) is 0 Å². The summed E-state index contributed by atoms with van der Waals surface area (Å²) in [5, 5.41) is 0.499. The Balaban J connectivity index is 1.94. The summed E-state index contributed by atoms with van der Waals surface area (Å²) in [5.41, 5.74) is 1.61. The third-order valence-electron chi connectivity index (χ3n) is 4.83. The Morgan fingerprint density at radius 1 is 1.11 bits per heavy atom. The molecule has 27 heavy (non-hydrogen) atoms. The number of hydrogen-bond donors (Lipinski definition) is 0. The summed E-state index contributed by atoms with van der Waals surface area (Å²) in [6.45, 7) is 1.20. The Hall–Kier alpha value is -2.44. The van der Waals surface area contributed by atoms with Gasteiger partial charge >= 0.3 is 0 Å². The molecular formula is C21H19BrN2O3. The molecular weight excluding hydrogens is 408 g/mol. The van der Waals surface area contributed by atoms with Gasteiger partial charge in [-0.2, -0.15) is 0 Å². The van der Waals surface area contributed by atoms with Crippen LogP contribution in [0.4, 0.5) is 0 Å². The molecule has 5 nitrogen and oxygen atoms in total. The average Bonchev–Trinajstić information content (AvgIpc) is 2.93. The zero-order valence-electron chi connectivity index (χ0n) is 15.1. The van der Waals surface area contributed by atoms with Crippen LogP contribution >= 0.6 is 15.9 Å². The molecule has 3 aromatic rings. The molecule has 1 aromatic heterocycles. The molecule has 0 spiro atoms. The lowest BCUT2D eigenvalue weighted by molar-refractivity contribution is 0.0716. The van der Waals surface area contributed by atoms with Crippen molar-refractivity contribution in [1.82, 2.24) is 9.80 Å². The Bertz CT molecular complexity index is 1090. The third kappa shape index (κ3) is 3.09. The summed E-state index contributed by atoms with van der Waals surface area (Å²) >= 11 is 3.49. The summed E-state index contributed by atoms with van der Waals surface area (Å²) in [5.74, 6) is -0.0814. The number of hydrogen-bond acceptors (Lipinski definition) is 4. The van der Waals surface area contributed by atoms with Gasteiger partial charge in [-0.1, -0.05) is 40.2 Å². The predicted octanol–water partition coefficient (Wildman–Crippen LogP) is 3.66. The maximum Gasteiger partial charge on any atom is 0.290 e. The van der Waals surface area contributed by atoms with Crippen LogP contribution in [0.15, 0.2) is 62.2 Å². The molecule has 6 heteroatoms. The minimum Gasteiger partial charge on any atom is -0.450 e. The van der Waals surface area contributed by atoms with Crippen molar-refractivity contribution in [3.8, 4) is 0 Å². The summed E-state index contributed by atoms with van der Waals surface area (Å²) in [6.07, 6.45) is 0. The van der Waals surface area contributed by atoms with Crippen molar-refractivity contribution in [3.05, 3.63) is 80.1 Å². The number of nitrogens with zero attached hydrogens (tertiary/aromatic N) is 2. The molecule has 0 radical (unpaired) electrons. The number of likely N-dealkylation sites (N-methyl/N-ethyl adjacent to an activating group) is 1. The van der Waals surface area contributed by atoms with Gasteiger partial charge in [0.2, 0.25) is 5.76 Å². The van der Waals surface area contributed by atoms with E-state index in [9.17, 15) is 9.59 Å². The topological polar surface area (TPSA) is 53.8 Å². The van der Waals surface area contributed by atoms with Crippen LogP contribution in [0.1, 0.15) is 27.7 Å². The Kier molecular flexibility index (Phi) is 4.61. The predicted molar refractivity (Wildman–Crippen MR) is 108 cm³/mol. The number of rotatable bonds is 4. The SMILES string of the molecule is CN(C)CCN1C(=O)c2oc3ccccc3c(=O)c2[C@H]1c1cccc(Br)c1. The van der Waals surface area contributed by atoms with Crippen LogP contribution in [0.2, 0.25) is 0 Å². The normalized spacial score (nSPS) is 16.4. The Labute approximate surface area is 165 Å². The molecule has 1 aliphatic rings. The monoisotopic (exact) mass is 426 g/mol. The molecule has 0 bridgehead atoms. The van der Waals surface area contributed by atoms with Crippen LogP contribution in [-0.2, 0) is 0 Å². The number of halogens is 1. The van der Waals surface area contributed by atoms with Crippen LogP contribution in [0.5, 0.6) is 0 Å². The van der Waals surface area contributed by atoms with Gasteiger partial charge in [-0.05, 0) is 43.9 Å². The highest BCUT2D eigenvalue weighted by molar-refractivity contribution is 9.10. The number of carbonyl (C=O) groups excluding carboxylic acids is 1. The number of para-hydroxylation sites is 1. The van der Waals surface area contributed by atoms with Gasteiger partial charge in [0.25, 0.3) is 5.91 Å². The van der Waals surface area contributed by atoms with Crippen molar-refractivity contribution in [2.45, 2.75) is 6.04 Å². The number of carbonyl (C=O) groups is 1. The van der Waals surface area contributed by atoms with E-state index in [1.807, 2.05) is 43.3 Å².